The van der Waals surface area contributed by atoms with E-state index in [1.807, 2.05) is 19.1 Å². The summed E-state index contributed by atoms with van der Waals surface area (Å²) in [5.41, 5.74) is 1.55. The molecule has 3 aliphatic rings. The van der Waals surface area contributed by atoms with Gasteiger partial charge in [0.2, 0.25) is 18.1 Å². The standard InChI is InChI=1S/C25H33N3O6/c1-3-33-25-19(14-21(29)34-25)27-23(31)20-13-12-17-6-4-5-7-18(24(32)28(17)20)26-22(30)16-10-8-15(2)9-11-16/h8-11,17-20,25H,3-7,12-14H2,1-2H3,(H,26,30)(H,27,31)/t17-,18-,19?,20-,25?/m0/s1. The number of nitrogens with one attached hydrogen (secondary N) is 2. The number of hydrogen-bond donors (Lipinski definition) is 2. The molecular weight excluding hydrogens is 438 g/mol. The van der Waals surface area contributed by atoms with Gasteiger partial charge in [0.25, 0.3) is 5.91 Å². The number of amides is 3. The summed E-state index contributed by atoms with van der Waals surface area (Å²) in [6, 6.07) is 5.26. The lowest BCUT2D eigenvalue weighted by Gasteiger charge is -2.35. The predicted octanol–water partition coefficient (Wildman–Crippen LogP) is 1.82. The molecule has 1 aromatic rings. The summed E-state index contributed by atoms with van der Waals surface area (Å²) in [5.74, 6) is -1.25. The van der Waals surface area contributed by atoms with Crippen molar-refractivity contribution in [2.45, 2.75) is 89.3 Å². The molecule has 5 atom stereocenters. The number of nitrogens with zero attached hydrogens (tertiary/aromatic N) is 1. The van der Waals surface area contributed by atoms with Gasteiger partial charge >= 0.3 is 5.97 Å². The Labute approximate surface area is 199 Å². The highest BCUT2D eigenvalue weighted by Crippen LogP contribution is 2.32. The van der Waals surface area contributed by atoms with Crippen molar-refractivity contribution in [3.8, 4) is 0 Å². The number of esters is 1. The number of carbonyl (C=O) groups is 4. The van der Waals surface area contributed by atoms with Crippen LogP contribution in [0.3, 0.4) is 0 Å². The van der Waals surface area contributed by atoms with Crippen molar-refractivity contribution < 1.29 is 28.7 Å². The molecule has 3 fully saturated rings. The molecule has 3 amide bonds. The summed E-state index contributed by atoms with van der Waals surface area (Å²) < 4.78 is 10.6. The minimum atomic E-state index is -0.816. The Balaban J connectivity index is 1.47. The third kappa shape index (κ3) is 5.24. The van der Waals surface area contributed by atoms with E-state index in [-0.39, 0.29) is 30.2 Å². The van der Waals surface area contributed by atoms with Crippen LogP contribution in [0.2, 0.25) is 0 Å². The summed E-state index contributed by atoms with van der Waals surface area (Å²) in [7, 11) is 0. The zero-order chi connectivity index (χ0) is 24.2. The highest BCUT2D eigenvalue weighted by molar-refractivity contribution is 5.98. The molecule has 0 bridgehead atoms. The number of aryl methyl sites for hydroxylation is 1. The Morgan fingerprint density at radius 2 is 1.79 bits per heavy atom. The second-order valence-corrected chi connectivity index (χ2v) is 9.30. The molecule has 4 rings (SSSR count). The molecule has 0 radical (unpaired) electrons. The molecule has 3 saturated heterocycles. The van der Waals surface area contributed by atoms with Crippen LogP contribution >= 0.6 is 0 Å². The van der Waals surface area contributed by atoms with E-state index in [4.69, 9.17) is 9.47 Å². The highest BCUT2D eigenvalue weighted by atomic mass is 16.7. The summed E-state index contributed by atoms with van der Waals surface area (Å²) in [4.78, 5) is 53.0. The predicted molar refractivity (Wildman–Crippen MR) is 123 cm³/mol. The first-order chi connectivity index (χ1) is 16.4. The molecule has 0 spiro atoms. The molecule has 0 aromatic heterocycles. The average Bonchev–Trinajstić information content (AvgIpc) is 3.37. The zero-order valence-corrected chi connectivity index (χ0v) is 19.7. The molecule has 9 nitrogen and oxygen atoms in total. The quantitative estimate of drug-likeness (QED) is 0.612. The van der Waals surface area contributed by atoms with E-state index in [1.54, 1.807) is 24.0 Å². The van der Waals surface area contributed by atoms with Crippen LogP contribution in [0, 0.1) is 6.92 Å². The van der Waals surface area contributed by atoms with Gasteiger partial charge in [0.1, 0.15) is 18.1 Å². The number of rotatable bonds is 6. The minimum absolute atomic E-state index is 0.0357. The molecule has 9 heteroatoms. The van der Waals surface area contributed by atoms with Gasteiger partial charge in [-0.05, 0) is 51.7 Å². The largest absolute Gasteiger partial charge is 0.433 e. The number of ether oxygens (including phenoxy) is 2. The van der Waals surface area contributed by atoms with Gasteiger partial charge in [-0.1, -0.05) is 30.5 Å². The maximum absolute atomic E-state index is 13.6. The molecule has 1 aromatic carbocycles. The molecule has 0 aliphatic carbocycles. The van der Waals surface area contributed by atoms with Crippen LogP contribution in [0.25, 0.3) is 0 Å². The van der Waals surface area contributed by atoms with Crippen LogP contribution in [0.15, 0.2) is 24.3 Å². The van der Waals surface area contributed by atoms with E-state index in [9.17, 15) is 19.2 Å². The fourth-order valence-corrected chi connectivity index (χ4v) is 5.12. The fraction of sp³-hybridized carbons (Fsp3) is 0.600. The minimum Gasteiger partial charge on any atom is -0.433 e. The molecule has 3 aliphatic heterocycles. The van der Waals surface area contributed by atoms with Crippen LogP contribution in [0.1, 0.15) is 67.8 Å². The average molecular weight is 472 g/mol. The van der Waals surface area contributed by atoms with Gasteiger partial charge in [-0.25, -0.2) is 0 Å². The van der Waals surface area contributed by atoms with E-state index in [0.717, 1.165) is 31.2 Å². The van der Waals surface area contributed by atoms with Crippen LogP contribution in [0.4, 0.5) is 0 Å². The van der Waals surface area contributed by atoms with Crippen LogP contribution in [0.5, 0.6) is 0 Å². The van der Waals surface area contributed by atoms with Crippen molar-refractivity contribution in [2.75, 3.05) is 6.61 Å². The van der Waals surface area contributed by atoms with Crippen molar-refractivity contribution in [1.29, 1.82) is 0 Å². The number of benzene rings is 1. The lowest BCUT2D eigenvalue weighted by molar-refractivity contribution is -0.164. The first-order valence-electron chi connectivity index (χ1n) is 12.2. The Morgan fingerprint density at radius 3 is 2.53 bits per heavy atom. The van der Waals surface area contributed by atoms with Gasteiger partial charge in [-0.15, -0.1) is 0 Å². The van der Waals surface area contributed by atoms with Gasteiger partial charge in [0.15, 0.2) is 0 Å². The Kier molecular flexibility index (Phi) is 7.50. The SMILES string of the molecule is CCOC1OC(=O)CC1NC(=O)[C@@H]1CC[C@@H]2CCCC[C@H](NC(=O)c3ccc(C)cc3)C(=O)N21. The second kappa shape index (κ2) is 10.5. The van der Waals surface area contributed by atoms with Gasteiger partial charge < -0.3 is 25.0 Å². The van der Waals surface area contributed by atoms with E-state index < -0.39 is 30.4 Å². The molecule has 3 heterocycles. The van der Waals surface area contributed by atoms with E-state index >= 15 is 0 Å². The molecular formula is C25H33N3O6. The third-order valence-electron chi connectivity index (χ3n) is 6.88. The molecule has 2 unspecified atom stereocenters. The van der Waals surface area contributed by atoms with Crippen molar-refractivity contribution in [3.05, 3.63) is 35.4 Å². The first kappa shape index (κ1) is 24.2. The van der Waals surface area contributed by atoms with E-state index in [1.165, 1.54) is 0 Å². The summed E-state index contributed by atoms with van der Waals surface area (Å²) in [5, 5.41) is 5.77. The molecule has 2 N–H and O–H groups in total. The van der Waals surface area contributed by atoms with Gasteiger partial charge in [0, 0.05) is 18.2 Å². The summed E-state index contributed by atoms with van der Waals surface area (Å²) in [6.45, 7) is 4.09. The van der Waals surface area contributed by atoms with Gasteiger partial charge in [-0.3, -0.25) is 19.2 Å². The smallest absolute Gasteiger partial charge is 0.310 e. The Bertz CT molecular complexity index is 933. The lowest BCUT2D eigenvalue weighted by Crippen LogP contribution is -2.57. The van der Waals surface area contributed by atoms with Gasteiger partial charge in [0.05, 0.1) is 6.42 Å². The van der Waals surface area contributed by atoms with Crippen molar-refractivity contribution >= 4 is 23.7 Å². The van der Waals surface area contributed by atoms with E-state index in [2.05, 4.69) is 10.6 Å². The van der Waals surface area contributed by atoms with Crippen LogP contribution in [-0.2, 0) is 23.9 Å². The third-order valence-corrected chi connectivity index (χ3v) is 6.88. The van der Waals surface area contributed by atoms with Crippen molar-refractivity contribution in [1.82, 2.24) is 15.5 Å². The van der Waals surface area contributed by atoms with Crippen LogP contribution < -0.4 is 10.6 Å². The Morgan fingerprint density at radius 1 is 1.06 bits per heavy atom. The summed E-state index contributed by atoms with van der Waals surface area (Å²) in [6.07, 6.45) is 3.63. The topological polar surface area (TPSA) is 114 Å². The number of hydrogen-bond acceptors (Lipinski definition) is 6. The molecule has 34 heavy (non-hydrogen) atoms. The maximum Gasteiger partial charge on any atom is 0.310 e. The zero-order valence-electron chi connectivity index (χ0n) is 19.7. The Hall–Kier alpha value is -2.94. The number of carbonyl (C=O) groups excluding carboxylic acids is 4. The second-order valence-electron chi connectivity index (χ2n) is 9.30. The number of cyclic esters (lactones) is 1. The summed E-state index contributed by atoms with van der Waals surface area (Å²) >= 11 is 0. The normalized spacial score (nSPS) is 29.1. The molecule has 0 saturated carbocycles. The number of fused-ring (bicyclic) bond motifs is 1. The maximum atomic E-state index is 13.6. The lowest BCUT2D eigenvalue weighted by atomic mass is 9.98. The molecule has 184 valence electrons. The fourth-order valence-electron chi connectivity index (χ4n) is 5.12. The highest BCUT2D eigenvalue weighted by Gasteiger charge is 2.45. The first-order valence-corrected chi connectivity index (χ1v) is 12.2. The monoisotopic (exact) mass is 471 g/mol. The van der Waals surface area contributed by atoms with Crippen LogP contribution in [-0.4, -0.2) is 65.7 Å². The van der Waals surface area contributed by atoms with Gasteiger partial charge in [-0.2, -0.15) is 0 Å². The van der Waals surface area contributed by atoms with Crippen molar-refractivity contribution in [3.63, 3.8) is 0 Å². The van der Waals surface area contributed by atoms with Crippen molar-refractivity contribution in [2.24, 2.45) is 0 Å². The van der Waals surface area contributed by atoms with E-state index in [0.29, 0.717) is 25.0 Å².